The highest BCUT2D eigenvalue weighted by molar-refractivity contribution is 5.88. The van der Waals surface area contributed by atoms with Crippen LogP contribution in [0.5, 0.6) is 5.75 Å². The van der Waals surface area contributed by atoms with Gasteiger partial charge in [0.05, 0.1) is 5.56 Å². The Morgan fingerprint density at radius 1 is 0.912 bits per heavy atom. The van der Waals surface area contributed by atoms with E-state index in [1.807, 2.05) is 12.1 Å². The minimum atomic E-state index is -0.892. The molecule has 4 nitrogen and oxygen atoms in total. The second-order valence-electron chi connectivity index (χ2n) is 10.5. The summed E-state index contributed by atoms with van der Waals surface area (Å²) < 4.78 is 0. The summed E-state index contributed by atoms with van der Waals surface area (Å²) in [7, 11) is 0. The van der Waals surface area contributed by atoms with Crippen molar-refractivity contribution in [3.8, 4) is 5.75 Å². The fourth-order valence-electron chi connectivity index (χ4n) is 5.07. The molecule has 3 aromatic rings. The van der Waals surface area contributed by atoms with Crippen LogP contribution < -0.4 is 5.73 Å². The van der Waals surface area contributed by atoms with E-state index in [4.69, 9.17) is 15.9 Å². The highest BCUT2D eigenvalue weighted by Gasteiger charge is 2.42. The van der Waals surface area contributed by atoms with Crippen LogP contribution in [-0.4, -0.2) is 16.2 Å². The van der Waals surface area contributed by atoms with E-state index in [0.29, 0.717) is 11.3 Å². The number of aryl methyl sites for hydroxylation is 1. The Kier molecular flexibility index (Phi) is 6.92. The number of carbonyl (C=O) groups is 1. The predicted octanol–water partition coefficient (Wildman–Crippen LogP) is 7.19. The second-order valence-corrected chi connectivity index (χ2v) is 10.5. The van der Waals surface area contributed by atoms with Gasteiger partial charge in [-0.25, -0.2) is 4.79 Å². The zero-order chi connectivity index (χ0) is 25.3. The van der Waals surface area contributed by atoms with Crippen molar-refractivity contribution in [2.24, 2.45) is 0 Å². The van der Waals surface area contributed by atoms with E-state index >= 15 is 0 Å². The third-order valence-corrected chi connectivity index (χ3v) is 6.57. The summed E-state index contributed by atoms with van der Waals surface area (Å²) in [6.07, 6.45) is 3.30. The molecule has 0 bridgehead atoms. The monoisotopic (exact) mass is 457 g/mol. The Morgan fingerprint density at radius 3 is 1.94 bits per heavy atom. The Hall–Kier alpha value is -3.53. The maximum atomic E-state index is 11.0. The van der Waals surface area contributed by atoms with E-state index in [1.54, 1.807) is 36.4 Å². The molecule has 0 atom stereocenters. The molecule has 0 aromatic heterocycles. The van der Waals surface area contributed by atoms with Crippen molar-refractivity contribution in [1.82, 2.24) is 0 Å². The average molecular weight is 458 g/mol. The Morgan fingerprint density at radius 2 is 1.44 bits per heavy atom. The topological polar surface area (TPSA) is 83.5 Å². The number of carboxylic acids is 1. The van der Waals surface area contributed by atoms with Crippen molar-refractivity contribution in [2.75, 3.05) is 5.73 Å². The lowest BCUT2D eigenvalue weighted by Crippen LogP contribution is -2.17. The first-order chi connectivity index (χ1) is 15.8. The SMILES string of the molecule is C/C(=C\c1ccc(C(=O)O)cc1)c1cc2c(cc1C)C(C)(C)CC2(C)C.Nc1ccc(O)cc1. The summed E-state index contributed by atoms with van der Waals surface area (Å²) in [5, 5.41) is 17.7. The number of aromatic carboxylic acids is 1. The molecule has 3 aromatic carbocycles. The van der Waals surface area contributed by atoms with Gasteiger partial charge in [-0.15, -0.1) is 0 Å². The van der Waals surface area contributed by atoms with Gasteiger partial charge < -0.3 is 15.9 Å². The molecule has 0 fully saturated rings. The van der Waals surface area contributed by atoms with E-state index in [0.717, 1.165) is 12.0 Å². The van der Waals surface area contributed by atoms with Gasteiger partial charge in [0.1, 0.15) is 5.75 Å². The summed E-state index contributed by atoms with van der Waals surface area (Å²) in [5.41, 5.74) is 14.4. The lowest BCUT2D eigenvalue weighted by atomic mass is 9.82. The molecule has 34 heavy (non-hydrogen) atoms. The smallest absolute Gasteiger partial charge is 0.335 e. The fourth-order valence-corrected chi connectivity index (χ4v) is 5.07. The van der Waals surface area contributed by atoms with Gasteiger partial charge in [0, 0.05) is 5.69 Å². The number of rotatable bonds is 3. The first kappa shape index (κ1) is 25.1. The van der Waals surface area contributed by atoms with Gasteiger partial charge in [-0.1, -0.05) is 58.0 Å². The van der Waals surface area contributed by atoms with E-state index < -0.39 is 5.97 Å². The molecule has 4 rings (SSSR count). The highest BCUT2D eigenvalue weighted by Crippen LogP contribution is 2.50. The third kappa shape index (κ3) is 5.51. The molecule has 1 aliphatic rings. The van der Waals surface area contributed by atoms with Gasteiger partial charge in [-0.3, -0.25) is 0 Å². The number of hydrogen-bond donors (Lipinski definition) is 3. The van der Waals surface area contributed by atoms with Crippen molar-refractivity contribution in [2.45, 2.75) is 58.8 Å². The zero-order valence-electron chi connectivity index (χ0n) is 20.9. The number of anilines is 1. The standard InChI is InChI=1S/C24H28O2.C6H7NO/c1-15(11-17-7-9-18(10-8-17)22(25)26)19-13-21-20(12-16(19)2)23(3,4)14-24(21,5)6;7-5-1-3-6(8)4-2-5/h7-13H,14H2,1-6H3,(H,25,26);1-4,8H,7H2/b15-11+;. The molecule has 1 aliphatic carbocycles. The first-order valence-corrected chi connectivity index (χ1v) is 11.5. The third-order valence-electron chi connectivity index (χ3n) is 6.57. The van der Waals surface area contributed by atoms with E-state index in [1.165, 1.54) is 27.8 Å². The molecule has 0 spiro atoms. The van der Waals surface area contributed by atoms with Gasteiger partial charge in [-0.2, -0.15) is 0 Å². The number of nitrogens with two attached hydrogens (primary N) is 1. The van der Waals surface area contributed by atoms with Crippen LogP contribution in [0.4, 0.5) is 5.69 Å². The summed E-state index contributed by atoms with van der Waals surface area (Å²) in [6.45, 7) is 13.7. The molecule has 0 heterocycles. The number of phenols is 1. The summed E-state index contributed by atoms with van der Waals surface area (Å²) in [4.78, 5) is 11.0. The Bertz CT molecular complexity index is 1200. The number of hydrogen-bond acceptors (Lipinski definition) is 3. The molecule has 0 saturated heterocycles. The van der Waals surface area contributed by atoms with Crippen LogP contribution >= 0.6 is 0 Å². The number of carboxylic acid groups (broad SMARTS) is 1. The Labute approximate surface area is 202 Å². The molecule has 0 saturated carbocycles. The van der Waals surface area contributed by atoms with Crippen molar-refractivity contribution < 1.29 is 15.0 Å². The summed E-state index contributed by atoms with van der Waals surface area (Å²) in [5.74, 6) is -0.643. The minimum Gasteiger partial charge on any atom is -0.508 e. The second kappa shape index (κ2) is 9.38. The first-order valence-electron chi connectivity index (χ1n) is 11.5. The van der Waals surface area contributed by atoms with Gasteiger partial charge in [-0.05, 0) is 101 Å². The summed E-state index contributed by atoms with van der Waals surface area (Å²) in [6, 6.07) is 18.2. The fraction of sp³-hybridized carbons (Fsp3) is 0.300. The molecule has 4 N–H and O–H groups in total. The molecule has 0 radical (unpaired) electrons. The molecular weight excluding hydrogens is 422 g/mol. The van der Waals surface area contributed by atoms with Gasteiger partial charge in [0.15, 0.2) is 0 Å². The van der Waals surface area contributed by atoms with Crippen LogP contribution in [0.3, 0.4) is 0 Å². The van der Waals surface area contributed by atoms with Crippen LogP contribution in [0.15, 0.2) is 60.7 Å². The van der Waals surface area contributed by atoms with Crippen LogP contribution in [-0.2, 0) is 10.8 Å². The maximum absolute atomic E-state index is 11.0. The number of phenolic OH excluding ortho intramolecular Hbond substituents is 1. The van der Waals surface area contributed by atoms with Crippen molar-refractivity contribution in [1.29, 1.82) is 0 Å². The normalized spacial score (nSPS) is 15.8. The van der Waals surface area contributed by atoms with Crippen LogP contribution in [0.1, 0.15) is 79.2 Å². The van der Waals surface area contributed by atoms with E-state index in [2.05, 4.69) is 59.8 Å². The van der Waals surface area contributed by atoms with Crippen LogP contribution in [0, 0.1) is 6.92 Å². The molecular formula is C30H35NO3. The van der Waals surface area contributed by atoms with Gasteiger partial charge in [0.2, 0.25) is 0 Å². The lowest BCUT2D eigenvalue weighted by Gasteiger charge is -2.22. The van der Waals surface area contributed by atoms with Crippen LogP contribution in [0.2, 0.25) is 0 Å². The molecule has 178 valence electrons. The van der Waals surface area contributed by atoms with E-state index in [9.17, 15) is 4.79 Å². The predicted molar refractivity (Wildman–Crippen MR) is 141 cm³/mol. The highest BCUT2D eigenvalue weighted by atomic mass is 16.4. The molecule has 0 aliphatic heterocycles. The molecule has 0 unspecified atom stereocenters. The van der Waals surface area contributed by atoms with Crippen LogP contribution in [0.25, 0.3) is 11.6 Å². The number of nitrogen functional groups attached to an aromatic ring is 1. The van der Waals surface area contributed by atoms with E-state index in [-0.39, 0.29) is 16.6 Å². The molecule has 0 amide bonds. The zero-order valence-corrected chi connectivity index (χ0v) is 20.9. The maximum Gasteiger partial charge on any atom is 0.335 e. The van der Waals surface area contributed by atoms with Crippen molar-refractivity contribution in [3.05, 3.63) is 94.0 Å². The number of allylic oxidation sites excluding steroid dienone is 1. The lowest BCUT2D eigenvalue weighted by molar-refractivity contribution is 0.0697. The largest absolute Gasteiger partial charge is 0.508 e. The van der Waals surface area contributed by atoms with Gasteiger partial charge >= 0.3 is 5.97 Å². The Balaban J connectivity index is 0.000000343. The summed E-state index contributed by atoms with van der Waals surface area (Å²) >= 11 is 0. The quantitative estimate of drug-likeness (QED) is 0.221. The van der Waals surface area contributed by atoms with Crippen molar-refractivity contribution in [3.63, 3.8) is 0 Å². The van der Waals surface area contributed by atoms with Gasteiger partial charge in [0.25, 0.3) is 0 Å². The minimum absolute atomic E-state index is 0.185. The number of fused-ring (bicyclic) bond motifs is 1. The average Bonchev–Trinajstić information content (AvgIpc) is 2.93. The molecule has 4 heteroatoms. The van der Waals surface area contributed by atoms with Crippen molar-refractivity contribution >= 4 is 23.3 Å². The number of aromatic hydroxyl groups is 1. The number of benzene rings is 3.